The molecule has 0 spiro atoms. The third kappa shape index (κ3) is 3.87. The lowest BCUT2D eigenvalue weighted by molar-refractivity contribution is -0.137. The lowest BCUT2D eigenvalue weighted by atomic mass is 10.1. The Bertz CT molecular complexity index is 698. The van der Waals surface area contributed by atoms with Gasteiger partial charge in [0.15, 0.2) is 0 Å². The van der Waals surface area contributed by atoms with E-state index in [1.165, 1.54) is 12.1 Å². The Morgan fingerprint density at radius 2 is 1.39 bits per heavy atom. The van der Waals surface area contributed by atoms with Crippen LogP contribution in [-0.4, -0.2) is 5.16 Å². The first-order valence-electron chi connectivity index (χ1n) is 7.35. The molecule has 1 nitrogen and oxygen atoms in total. The molecule has 1 atom stereocenters. The van der Waals surface area contributed by atoms with Crippen molar-refractivity contribution in [3.63, 3.8) is 0 Å². The molecular formula is C18H20F3OP. The Hall–Kier alpha value is -1.54. The van der Waals surface area contributed by atoms with Crippen LogP contribution in [0.2, 0.25) is 0 Å². The van der Waals surface area contributed by atoms with E-state index in [0.29, 0.717) is 5.56 Å². The van der Waals surface area contributed by atoms with E-state index < -0.39 is 24.0 Å². The maximum absolute atomic E-state index is 13.7. The molecule has 0 saturated heterocycles. The van der Waals surface area contributed by atoms with Crippen molar-refractivity contribution in [2.75, 3.05) is 0 Å². The second kappa shape index (κ2) is 6.16. The van der Waals surface area contributed by atoms with Gasteiger partial charge in [0.1, 0.15) is 7.14 Å². The first-order valence-corrected chi connectivity index (χ1v) is 9.24. The number of hydrogen-bond donors (Lipinski definition) is 0. The number of rotatable bonds is 3. The van der Waals surface area contributed by atoms with E-state index in [-0.39, 0.29) is 6.16 Å². The number of benzene rings is 2. The Morgan fingerprint density at radius 3 is 1.83 bits per heavy atom. The number of halogens is 3. The second-order valence-corrected chi connectivity index (χ2v) is 10.3. The van der Waals surface area contributed by atoms with Gasteiger partial charge in [-0.3, -0.25) is 0 Å². The molecule has 124 valence electrons. The fourth-order valence-electron chi connectivity index (χ4n) is 2.44. The van der Waals surface area contributed by atoms with Crippen molar-refractivity contribution in [1.29, 1.82) is 0 Å². The summed E-state index contributed by atoms with van der Waals surface area (Å²) in [5.41, 5.74) is -0.0355. The summed E-state index contributed by atoms with van der Waals surface area (Å²) in [6.07, 6.45) is -4.11. The van der Waals surface area contributed by atoms with E-state index in [1.54, 1.807) is 0 Å². The average Bonchev–Trinajstić information content (AvgIpc) is 2.46. The lowest BCUT2D eigenvalue weighted by Crippen LogP contribution is -2.24. The molecule has 0 saturated carbocycles. The number of alkyl halides is 3. The van der Waals surface area contributed by atoms with E-state index in [4.69, 9.17) is 0 Å². The summed E-state index contributed by atoms with van der Waals surface area (Å²) in [6, 6.07) is 14.1. The van der Waals surface area contributed by atoms with Gasteiger partial charge in [-0.15, -0.1) is 0 Å². The molecule has 0 aromatic heterocycles. The molecular weight excluding hydrogens is 320 g/mol. The van der Waals surface area contributed by atoms with Crippen LogP contribution < -0.4 is 5.30 Å². The summed E-state index contributed by atoms with van der Waals surface area (Å²) in [7, 11) is -2.81. The molecule has 0 heterocycles. The van der Waals surface area contributed by atoms with Gasteiger partial charge < -0.3 is 4.57 Å². The van der Waals surface area contributed by atoms with Crippen LogP contribution in [0.15, 0.2) is 54.6 Å². The van der Waals surface area contributed by atoms with E-state index in [2.05, 4.69) is 0 Å². The van der Waals surface area contributed by atoms with Crippen LogP contribution in [0.1, 0.15) is 31.9 Å². The van der Waals surface area contributed by atoms with Gasteiger partial charge in [-0.1, -0.05) is 63.2 Å². The van der Waals surface area contributed by atoms with E-state index in [0.717, 1.165) is 17.4 Å². The van der Waals surface area contributed by atoms with Crippen LogP contribution in [0.3, 0.4) is 0 Å². The highest BCUT2D eigenvalue weighted by atomic mass is 31.2. The molecule has 0 aliphatic heterocycles. The highest BCUT2D eigenvalue weighted by Crippen LogP contribution is 2.59. The zero-order chi connectivity index (χ0) is 17.3. The zero-order valence-electron chi connectivity index (χ0n) is 13.4. The summed E-state index contributed by atoms with van der Waals surface area (Å²) < 4.78 is 51.6. The molecule has 0 aliphatic rings. The van der Waals surface area contributed by atoms with Gasteiger partial charge in [-0.2, -0.15) is 13.2 Å². The third-order valence-corrected chi connectivity index (χ3v) is 8.05. The van der Waals surface area contributed by atoms with Gasteiger partial charge in [-0.25, -0.2) is 0 Å². The Labute approximate surface area is 134 Å². The molecule has 5 heteroatoms. The van der Waals surface area contributed by atoms with Crippen molar-refractivity contribution in [1.82, 2.24) is 0 Å². The normalized spacial score (nSPS) is 15.2. The topological polar surface area (TPSA) is 17.1 Å². The monoisotopic (exact) mass is 340 g/mol. The highest BCUT2D eigenvalue weighted by Gasteiger charge is 2.38. The van der Waals surface area contributed by atoms with Crippen molar-refractivity contribution < 1.29 is 17.7 Å². The van der Waals surface area contributed by atoms with Crippen molar-refractivity contribution in [3.8, 4) is 0 Å². The smallest absolute Gasteiger partial charge is 0.318 e. The SMILES string of the molecule is CC(C)(C)[P@](=O)(Cc1ccc(C(F)(F)F)cc1)c1ccccc1. The van der Waals surface area contributed by atoms with Crippen LogP contribution in [0.5, 0.6) is 0 Å². The molecule has 0 aliphatic carbocycles. The fourth-order valence-corrected chi connectivity index (χ4v) is 5.25. The van der Waals surface area contributed by atoms with Crippen LogP contribution in [-0.2, 0) is 16.9 Å². The van der Waals surface area contributed by atoms with Crippen molar-refractivity contribution in [2.24, 2.45) is 0 Å². The second-order valence-electron chi connectivity index (χ2n) is 6.60. The third-order valence-electron chi connectivity index (χ3n) is 3.94. The Balaban J connectivity index is 2.39. The summed E-state index contributed by atoms with van der Waals surface area (Å²) >= 11 is 0. The summed E-state index contributed by atoms with van der Waals surface area (Å²) in [5, 5.41) is 0.282. The van der Waals surface area contributed by atoms with Crippen molar-refractivity contribution >= 4 is 12.4 Å². The maximum atomic E-state index is 13.7. The fraction of sp³-hybridized carbons (Fsp3) is 0.333. The molecule has 0 radical (unpaired) electrons. The largest absolute Gasteiger partial charge is 0.416 e. The quantitative estimate of drug-likeness (QED) is 0.656. The van der Waals surface area contributed by atoms with Crippen LogP contribution in [0.25, 0.3) is 0 Å². The van der Waals surface area contributed by atoms with Crippen molar-refractivity contribution in [2.45, 2.75) is 38.3 Å². The Morgan fingerprint density at radius 1 is 0.870 bits per heavy atom. The van der Waals surface area contributed by atoms with Gasteiger partial charge in [0.2, 0.25) is 0 Å². The molecule has 0 N–H and O–H groups in total. The predicted molar refractivity (Wildman–Crippen MR) is 88.6 cm³/mol. The maximum Gasteiger partial charge on any atom is 0.416 e. The molecule has 0 fully saturated rings. The highest BCUT2D eigenvalue weighted by molar-refractivity contribution is 7.72. The predicted octanol–water partition coefficient (Wildman–Crippen LogP) is 5.69. The summed E-state index contributed by atoms with van der Waals surface area (Å²) in [6.45, 7) is 5.72. The van der Waals surface area contributed by atoms with E-state index in [1.807, 2.05) is 51.1 Å². The van der Waals surface area contributed by atoms with Crippen molar-refractivity contribution in [3.05, 3.63) is 65.7 Å². The van der Waals surface area contributed by atoms with Crippen LogP contribution in [0, 0.1) is 0 Å². The molecule has 0 bridgehead atoms. The van der Waals surface area contributed by atoms with Crippen LogP contribution >= 0.6 is 7.14 Å². The lowest BCUT2D eigenvalue weighted by Gasteiger charge is -2.32. The minimum Gasteiger partial charge on any atom is -0.318 e. The van der Waals surface area contributed by atoms with E-state index >= 15 is 0 Å². The molecule has 0 amide bonds. The zero-order valence-corrected chi connectivity index (χ0v) is 14.3. The van der Waals surface area contributed by atoms with Gasteiger partial charge in [-0.05, 0) is 17.7 Å². The minimum absolute atomic E-state index is 0.249. The van der Waals surface area contributed by atoms with Crippen LogP contribution in [0.4, 0.5) is 13.2 Å². The molecule has 2 aromatic carbocycles. The molecule has 2 aromatic rings. The van der Waals surface area contributed by atoms with Gasteiger partial charge in [0, 0.05) is 16.6 Å². The minimum atomic E-state index is -4.36. The summed E-state index contributed by atoms with van der Waals surface area (Å²) in [5.74, 6) is 0. The number of hydrogen-bond acceptors (Lipinski definition) is 1. The Kier molecular flexibility index (Phi) is 4.77. The molecule has 23 heavy (non-hydrogen) atoms. The van der Waals surface area contributed by atoms with Gasteiger partial charge in [0.05, 0.1) is 5.56 Å². The molecule has 0 unspecified atom stereocenters. The molecule has 2 rings (SSSR count). The summed E-state index contributed by atoms with van der Waals surface area (Å²) in [4.78, 5) is 0. The average molecular weight is 340 g/mol. The standard InChI is InChI=1S/C18H20F3OP/c1-17(2,3)23(22,16-7-5-4-6-8-16)13-14-9-11-15(12-10-14)18(19,20)21/h4-12H,13H2,1-3H3/t23-/m0/s1. The van der Waals surface area contributed by atoms with E-state index in [9.17, 15) is 17.7 Å². The first-order chi connectivity index (χ1) is 10.5. The first kappa shape index (κ1) is 17.8. The van der Waals surface area contributed by atoms with Gasteiger partial charge in [0.25, 0.3) is 0 Å². The van der Waals surface area contributed by atoms with Gasteiger partial charge >= 0.3 is 6.18 Å².